The van der Waals surface area contributed by atoms with Crippen LogP contribution in [0.4, 0.5) is 5.69 Å². The Kier molecular flexibility index (Phi) is 5.79. The molecule has 1 aromatic carbocycles. The first kappa shape index (κ1) is 19.4. The number of aryl methyl sites for hydroxylation is 1. The van der Waals surface area contributed by atoms with Crippen molar-refractivity contribution in [3.05, 3.63) is 29.8 Å². The Morgan fingerprint density at radius 3 is 2.78 bits per heavy atom. The predicted molar refractivity (Wildman–Crippen MR) is 99.5 cm³/mol. The molecule has 146 valence electrons. The maximum absolute atomic E-state index is 12.7. The maximum atomic E-state index is 12.7. The summed E-state index contributed by atoms with van der Waals surface area (Å²) in [5.41, 5.74) is 0.947. The number of carboxylic acid groups (broad SMARTS) is 1. The van der Waals surface area contributed by atoms with E-state index in [1.165, 1.54) is 7.11 Å². The molecule has 0 radical (unpaired) electrons. The Labute approximate surface area is 158 Å². The highest BCUT2D eigenvalue weighted by Crippen LogP contribution is 2.32. The van der Waals surface area contributed by atoms with Gasteiger partial charge in [0.15, 0.2) is 0 Å². The first-order valence-corrected chi connectivity index (χ1v) is 9.35. The monoisotopic (exact) mass is 374 g/mol. The lowest BCUT2D eigenvalue weighted by molar-refractivity contribution is -0.159. The average Bonchev–Trinajstić information content (AvgIpc) is 2.67. The number of methoxy groups -OCH3 is 1. The smallest absolute Gasteiger partial charge is 0.313 e. The number of carbonyl (C=O) groups excluding carboxylic acids is 2. The van der Waals surface area contributed by atoms with Crippen LogP contribution in [-0.4, -0.2) is 61.1 Å². The standard InChI is InChI=1S/C20H26N2O5/c1-27-14-20(19(25)26)10-4-11-21(13-20)17(23)9-12-22-16-6-3-2-5-15(16)7-8-18(22)24/h2-3,5-6H,4,7-14H2,1H3,(H,25,26). The molecule has 1 N–H and O–H groups in total. The first-order valence-electron chi connectivity index (χ1n) is 9.35. The second kappa shape index (κ2) is 8.08. The minimum atomic E-state index is -1.05. The molecule has 7 nitrogen and oxygen atoms in total. The summed E-state index contributed by atoms with van der Waals surface area (Å²) in [5.74, 6) is -1.02. The molecule has 0 spiro atoms. The number of amides is 2. The number of ether oxygens (including phenoxy) is 1. The van der Waals surface area contributed by atoms with Gasteiger partial charge in [-0.1, -0.05) is 18.2 Å². The molecule has 7 heteroatoms. The van der Waals surface area contributed by atoms with Gasteiger partial charge in [0.1, 0.15) is 5.41 Å². The van der Waals surface area contributed by atoms with E-state index >= 15 is 0 Å². The fourth-order valence-corrected chi connectivity index (χ4v) is 4.08. The molecular weight excluding hydrogens is 348 g/mol. The fourth-order valence-electron chi connectivity index (χ4n) is 4.08. The number of fused-ring (bicyclic) bond motifs is 1. The highest BCUT2D eigenvalue weighted by Gasteiger charge is 2.43. The number of benzene rings is 1. The lowest BCUT2D eigenvalue weighted by Gasteiger charge is -2.39. The third kappa shape index (κ3) is 3.98. The van der Waals surface area contributed by atoms with Gasteiger partial charge >= 0.3 is 5.97 Å². The Morgan fingerprint density at radius 2 is 2.04 bits per heavy atom. The van der Waals surface area contributed by atoms with E-state index in [1.807, 2.05) is 24.3 Å². The predicted octanol–water partition coefficient (Wildman–Crippen LogP) is 1.70. The molecule has 27 heavy (non-hydrogen) atoms. The Hall–Kier alpha value is -2.41. The van der Waals surface area contributed by atoms with Gasteiger partial charge in [0.25, 0.3) is 0 Å². The summed E-state index contributed by atoms with van der Waals surface area (Å²) in [4.78, 5) is 40.1. The van der Waals surface area contributed by atoms with Crippen LogP contribution in [0, 0.1) is 5.41 Å². The van der Waals surface area contributed by atoms with Crippen LogP contribution in [0.5, 0.6) is 0 Å². The van der Waals surface area contributed by atoms with E-state index in [-0.39, 0.29) is 31.4 Å². The number of carboxylic acids is 1. The number of piperidine rings is 1. The molecule has 2 aliphatic rings. The van der Waals surface area contributed by atoms with Crippen molar-refractivity contribution in [2.45, 2.75) is 32.1 Å². The van der Waals surface area contributed by atoms with E-state index in [9.17, 15) is 19.5 Å². The minimum absolute atomic E-state index is 0.0272. The van der Waals surface area contributed by atoms with Crippen LogP contribution in [0.3, 0.4) is 0 Å². The zero-order valence-electron chi connectivity index (χ0n) is 15.6. The van der Waals surface area contributed by atoms with E-state index in [2.05, 4.69) is 0 Å². The van der Waals surface area contributed by atoms with Gasteiger partial charge in [0.05, 0.1) is 6.61 Å². The highest BCUT2D eigenvalue weighted by atomic mass is 16.5. The molecule has 2 amide bonds. The summed E-state index contributed by atoms with van der Waals surface area (Å²) in [6.07, 6.45) is 2.49. The Bertz CT molecular complexity index is 731. The van der Waals surface area contributed by atoms with Gasteiger partial charge in [-0.2, -0.15) is 0 Å². The number of anilines is 1. The number of rotatable bonds is 6. The topological polar surface area (TPSA) is 87.2 Å². The summed E-state index contributed by atoms with van der Waals surface area (Å²) >= 11 is 0. The van der Waals surface area contributed by atoms with Crippen molar-refractivity contribution in [2.75, 3.05) is 38.3 Å². The molecule has 0 aromatic heterocycles. The molecule has 1 atom stereocenters. The van der Waals surface area contributed by atoms with Gasteiger partial charge in [-0.05, 0) is 30.9 Å². The zero-order chi connectivity index (χ0) is 19.4. The summed E-state index contributed by atoms with van der Waals surface area (Å²) in [6.45, 7) is 1.10. The molecular formula is C20H26N2O5. The number of hydrogen-bond acceptors (Lipinski definition) is 4. The van der Waals surface area contributed by atoms with Crippen LogP contribution in [-0.2, 0) is 25.5 Å². The van der Waals surface area contributed by atoms with Crippen molar-refractivity contribution in [3.8, 4) is 0 Å². The third-order valence-electron chi connectivity index (χ3n) is 5.54. The second-order valence-corrected chi connectivity index (χ2v) is 7.36. The van der Waals surface area contributed by atoms with Crippen LogP contribution in [0.2, 0.25) is 0 Å². The molecule has 3 rings (SSSR count). The van der Waals surface area contributed by atoms with Crippen molar-refractivity contribution >= 4 is 23.5 Å². The molecule has 2 aliphatic heterocycles. The summed E-state index contributed by atoms with van der Waals surface area (Å²) in [7, 11) is 1.48. The van der Waals surface area contributed by atoms with Crippen LogP contribution < -0.4 is 4.90 Å². The largest absolute Gasteiger partial charge is 0.481 e. The van der Waals surface area contributed by atoms with Crippen LogP contribution in [0.15, 0.2) is 24.3 Å². The number of aliphatic carboxylic acids is 1. The molecule has 1 saturated heterocycles. The quantitative estimate of drug-likeness (QED) is 0.819. The number of nitrogens with zero attached hydrogens (tertiary/aromatic N) is 2. The first-order chi connectivity index (χ1) is 13.0. The fraction of sp³-hybridized carbons (Fsp3) is 0.550. The molecule has 1 aromatic rings. The number of carbonyl (C=O) groups is 3. The number of likely N-dealkylation sites (tertiary alicyclic amines) is 1. The van der Waals surface area contributed by atoms with Crippen molar-refractivity contribution in [1.29, 1.82) is 0 Å². The van der Waals surface area contributed by atoms with Crippen LogP contribution in [0.25, 0.3) is 0 Å². The van der Waals surface area contributed by atoms with E-state index in [4.69, 9.17) is 4.74 Å². The molecule has 0 bridgehead atoms. The van der Waals surface area contributed by atoms with Crippen molar-refractivity contribution in [2.24, 2.45) is 5.41 Å². The lowest BCUT2D eigenvalue weighted by atomic mass is 9.80. The van der Waals surface area contributed by atoms with E-state index < -0.39 is 11.4 Å². The van der Waals surface area contributed by atoms with Gasteiger partial charge in [0.2, 0.25) is 11.8 Å². The van der Waals surface area contributed by atoms with Gasteiger partial charge in [0, 0.05) is 45.3 Å². The van der Waals surface area contributed by atoms with Crippen LogP contribution in [0.1, 0.15) is 31.2 Å². The molecule has 0 saturated carbocycles. The molecule has 2 heterocycles. The Balaban J connectivity index is 1.66. The zero-order valence-corrected chi connectivity index (χ0v) is 15.6. The van der Waals surface area contributed by atoms with Gasteiger partial charge < -0.3 is 19.6 Å². The maximum Gasteiger partial charge on any atom is 0.313 e. The van der Waals surface area contributed by atoms with Crippen LogP contribution >= 0.6 is 0 Å². The summed E-state index contributed by atoms with van der Waals surface area (Å²) in [6, 6.07) is 7.76. The minimum Gasteiger partial charge on any atom is -0.481 e. The molecule has 0 aliphatic carbocycles. The lowest BCUT2D eigenvalue weighted by Crippen LogP contribution is -2.52. The molecule has 1 fully saturated rings. The average molecular weight is 374 g/mol. The molecule has 1 unspecified atom stereocenters. The van der Waals surface area contributed by atoms with E-state index in [0.29, 0.717) is 32.4 Å². The highest BCUT2D eigenvalue weighted by molar-refractivity contribution is 5.97. The summed E-state index contributed by atoms with van der Waals surface area (Å²) in [5, 5.41) is 9.63. The normalized spacial score (nSPS) is 22.5. The van der Waals surface area contributed by atoms with E-state index in [0.717, 1.165) is 17.7 Å². The third-order valence-corrected chi connectivity index (χ3v) is 5.54. The van der Waals surface area contributed by atoms with Gasteiger partial charge in [-0.15, -0.1) is 0 Å². The van der Waals surface area contributed by atoms with Gasteiger partial charge in [-0.25, -0.2) is 0 Å². The second-order valence-electron chi connectivity index (χ2n) is 7.36. The Morgan fingerprint density at radius 1 is 1.26 bits per heavy atom. The van der Waals surface area contributed by atoms with Crippen molar-refractivity contribution in [3.63, 3.8) is 0 Å². The number of para-hydroxylation sites is 1. The number of hydrogen-bond donors (Lipinski definition) is 1. The van der Waals surface area contributed by atoms with E-state index in [1.54, 1.807) is 9.80 Å². The van der Waals surface area contributed by atoms with Gasteiger partial charge in [-0.3, -0.25) is 14.4 Å². The summed E-state index contributed by atoms with van der Waals surface area (Å²) < 4.78 is 5.11. The SMILES string of the molecule is COCC1(C(=O)O)CCCN(C(=O)CCN2C(=O)CCc3ccccc32)C1. The van der Waals surface area contributed by atoms with Crippen molar-refractivity contribution < 1.29 is 24.2 Å². The van der Waals surface area contributed by atoms with Crippen molar-refractivity contribution in [1.82, 2.24) is 4.90 Å².